The Morgan fingerprint density at radius 2 is 2.05 bits per heavy atom. The lowest BCUT2D eigenvalue weighted by Crippen LogP contribution is -2.20. The summed E-state index contributed by atoms with van der Waals surface area (Å²) in [5.74, 6) is -0.0232. The van der Waals surface area contributed by atoms with Crippen LogP contribution in [0.4, 0.5) is 0 Å². The van der Waals surface area contributed by atoms with Crippen LogP contribution >= 0.6 is 0 Å². The summed E-state index contributed by atoms with van der Waals surface area (Å²) in [5, 5.41) is 0. The van der Waals surface area contributed by atoms with Crippen LogP contribution in [-0.2, 0) is 14.3 Å². The molecule has 0 spiro atoms. The van der Waals surface area contributed by atoms with E-state index in [4.69, 9.17) is 9.47 Å². The van der Waals surface area contributed by atoms with Gasteiger partial charge in [-0.2, -0.15) is 0 Å². The monoisotopic (exact) mass is 284 g/mol. The third-order valence-corrected chi connectivity index (χ3v) is 3.73. The number of carbonyl (C=O) groups excluding carboxylic acids is 1. The summed E-state index contributed by atoms with van der Waals surface area (Å²) in [4.78, 5) is 10.8. The zero-order valence-corrected chi connectivity index (χ0v) is 14.3. The van der Waals surface area contributed by atoms with Gasteiger partial charge in [-0.25, -0.2) is 0 Å². The number of esters is 1. The van der Waals surface area contributed by atoms with Gasteiger partial charge in [-0.15, -0.1) is 0 Å². The largest absolute Gasteiger partial charge is 0.466 e. The van der Waals surface area contributed by atoms with Crippen molar-refractivity contribution in [2.75, 3.05) is 6.61 Å². The molecular formula is C17H32O3. The fourth-order valence-corrected chi connectivity index (χ4v) is 1.94. The van der Waals surface area contributed by atoms with Gasteiger partial charge in [-0.3, -0.25) is 4.79 Å². The average Bonchev–Trinajstić information content (AvgIpc) is 2.78. The van der Waals surface area contributed by atoms with Gasteiger partial charge in [0.2, 0.25) is 0 Å². The highest BCUT2D eigenvalue weighted by Crippen LogP contribution is 2.32. The van der Waals surface area contributed by atoms with Crippen LogP contribution in [0.5, 0.6) is 0 Å². The average molecular weight is 284 g/mol. The third kappa shape index (κ3) is 7.09. The van der Waals surface area contributed by atoms with Gasteiger partial charge in [0.15, 0.2) is 0 Å². The third-order valence-electron chi connectivity index (χ3n) is 3.73. The minimum atomic E-state index is -0.0833. The van der Waals surface area contributed by atoms with Crippen LogP contribution in [0.3, 0.4) is 0 Å². The highest BCUT2D eigenvalue weighted by molar-refractivity contribution is 5.71. The van der Waals surface area contributed by atoms with Gasteiger partial charge in [-0.05, 0) is 59.5 Å². The first-order chi connectivity index (χ1) is 9.27. The predicted octanol–water partition coefficient (Wildman–Crippen LogP) is 4.51. The first kappa shape index (κ1) is 19.2. The molecule has 0 aromatic rings. The fraction of sp³-hybridized carbons (Fsp3) is 0.824. The van der Waals surface area contributed by atoms with E-state index in [1.54, 1.807) is 0 Å². The molecule has 0 amide bonds. The molecule has 0 aromatic carbocycles. The molecule has 1 heterocycles. The Balaban J connectivity index is 0.000000370. The van der Waals surface area contributed by atoms with E-state index in [9.17, 15) is 4.79 Å². The number of carbonyl (C=O) groups is 1. The Hall–Kier alpha value is -0.830. The van der Waals surface area contributed by atoms with Crippen molar-refractivity contribution in [3.05, 3.63) is 11.6 Å². The van der Waals surface area contributed by atoms with Gasteiger partial charge >= 0.3 is 5.97 Å². The molecular weight excluding hydrogens is 252 g/mol. The van der Waals surface area contributed by atoms with E-state index in [0.717, 1.165) is 6.42 Å². The second-order valence-electron chi connectivity index (χ2n) is 6.00. The van der Waals surface area contributed by atoms with E-state index in [2.05, 4.69) is 33.8 Å². The summed E-state index contributed by atoms with van der Waals surface area (Å²) < 4.78 is 10.6. The molecule has 1 aliphatic heterocycles. The van der Waals surface area contributed by atoms with E-state index >= 15 is 0 Å². The molecule has 3 heteroatoms. The molecule has 2 atom stereocenters. The molecule has 0 saturated carbocycles. The predicted molar refractivity (Wildman–Crippen MR) is 83.7 cm³/mol. The Morgan fingerprint density at radius 1 is 1.45 bits per heavy atom. The highest BCUT2D eigenvalue weighted by atomic mass is 16.5. The lowest BCUT2D eigenvalue weighted by molar-refractivity contribution is -0.147. The Bertz CT molecular complexity index is 318. The second kappa shape index (κ2) is 9.17. The normalized spacial score (nSPS) is 22.8. The number of allylic oxidation sites excluding steroid dienone is 1. The first-order valence-corrected chi connectivity index (χ1v) is 7.74. The zero-order chi connectivity index (χ0) is 15.8. The number of rotatable bonds is 4. The van der Waals surface area contributed by atoms with Crippen molar-refractivity contribution in [1.82, 2.24) is 0 Å². The first-order valence-electron chi connectivity index (χ1n) is 7.74. The van der Waals surface area contributed by atoms with Gasteiger partial charge in [0.25, 0.3) is 0 Å². The standard InChI is InChI=1S/C10H18O.C7H14O2/c1-5-8(2)9-6-7-10(3,4)11-9;1-4-6(3)7(8)9-5-2/h5,9H,6-7H2,1-4H3;6H,4-5H2,1-3H3/b8-5-;. The lowest BCUT2D eigenvalue weighted by Gasteiger charge is -2.19. The molecule has 0 N–H and O–H groups in total. The van der Waals surface area contributed by atoms with Gasteiger partial charge in [-0.1, -0.05) is 19.9 Å². The summed E-state index contributed by atoms with van der Waals surface area (Å²) in [6.45, 7) is 14.7. The zero-order valence-electron chi connectivity index (χ0n) is 14.3. The van der Waals surface area contributed by atoms with Crippen molar-refractivity contribution in [3.63, 3.8) is 0 Å². The topological polar surface area (TPSA) is 35.5 Å². The van der Waals surface area contributed by atoms with E-state index in [1.807, 2.05) is 20.8 Å². The maximum absolute atomic E-state index is 10.8. The summed E-state index contributed by atoms with van der Waals surface area (Å²) in [7, 11) is 0. The minimum Gasteiger partial charge on any atom is -0.466 e. The smallest absolute Gasteiger partial charge is 0.308 e. The Labute approximate surface area is 124 Å². The fourth-order valence-electron chi connectivity index (χ4n) is 1.94. The molecule has 3 nitrogen and oxygen atoms in total. The molecule has 1 saturated heterocycles. The second-order valence-corrected chi connectivity index (χ2v) is 6.00. The molecule has 0 aliphatic carbocycles. The van der Waals surface area contributed by atoms with E-state index in [0.29, 0.717) is 12.7 Å². The number of hydrogen-bond acceptors (Lipinski definition) is 3. The molecule has 118 valence electrons. The molecule has 0 bridgehead atoms. The van der Waals surface area contributed by atoms with Crippen LogP contribution in [0.1, 0.15) is 67.7 Å². The van der Waals surface area contributed by atoms with Crippen molar-refractivity contribution in [3.8, 4) is 0 Å². The molecule has 1 fully saturated rings. The van der Waals surface area contributed by atoms with E-state index in [1.165, 1.54) is 18.4 Å². The minimum absolute atomic E-state index is 0.0601. The maximum Gasteiger partial charge on any atom is 0.308 e. The van der Waals surface area contributed by atoms with Gasteiger partial charge in [0.05, 0.1) is 24.2 Å². The number of ether oxygens (including phenoxy) is 2. The molecule has 0 aromatic heterocycles. The molecule has 1 rings (SSSR count). The maximum atomic E-state index is 10.8. The molecule has 0 radical (unpaired) electrons. The summed E-state index contributed by atoms with van der Waals surface area (Å²) >= 11 is 0. The van der Waals surface area contributed by atoms with Gasteiger partial charge in [0, 0.05) is 0 Å². The summed E-state index contributed by atoms with van der Waals surface area (Å²) in [5.41, 5.74) is 1.48. The van der Waals surface area contributed by atoms with Crippen LogP contribution in [-0.4, -0.2) is 24.3 Å². The van der Waals surface area contributed by atoms with Crippen LogP contribution in [0.25, 0.3) is 0 Å². The molecule has 2 unspecified atom stereocenters. The SMILES string of the molecule is C/C=C(/C)C1CCC(C)(C)O1.CCOC(=O)C(C)CC. The van der Waals surface area contributed by atoms with Gasteiger partial charge in [0.1, 0.15) is 0 Å². The molecule has 1 aliphatic rings. The van der Waals surface area contributed by atoms with Crippen molar-refractivity contribution < 1.29 is 14.3 Å². The Morgan fingerprint density at radius 3 is 2.40 bits per heavy atom. The van der Waals surface area contributed by atoms with Crippen molar-refractivity contribution in [2.45, 2.75) is 79.4 Å². The summed E-state index contributed by atoms with van der Waals surface area (Å²) in [6.07, 6.45) is 5.76. The quantitative estimate of drug-likeness (QED) is 0.563. The van der Waals surface area contributed by atoms with E-state index in [-0.39, 0.29) is 17.5 Å². The van der Waals surface area contributed by atoms with Crippen molar-refractivity contribution >= 4 is 5.97 Å². The van der Waals surface area contributed by atoms with Crippen LogP contribution in [0.15, 0.2) is 11.6 Å². The van der Waals surface area contributed by atoms with Crippen LogP contribution in [0, 0.1) is 5.92 Å². The summed E-state index contributed by atoms with van der Waals surface area (Å²) in [6, 6.07) is 0. The lowest BCUT2D eigenvalue weighted by atomic mass is 10.0. The van der Waals surface area contributed by atoms with Crippen LogP contribution < -0.4 is 0 Å². The van der Waals surface area contributed by atoms with E-state index < -0.39 is 0 Å². The van der Waals surface area contributed by atoms with Crippen molar-refractivity contribution in [1.29, 1.82) is 0 Å². The highest BCUT2D eigenvalue weighted by Gasteiger charge is 2.31. The van der Waals surface area contributed by atoms with Gasteiger partial charge < -0.3 is 9.47 Å². The number of hydrogen-bond donors (Lipinski definition) is 0. The van der Waals surface area contributed by atoms with Crippen LogP contribution in [0.2, 0.25) is 0 Å². The van der Waals surface area contributed by atoms with Crippen molar-refractivity contribution in [2.24, 2.45) is 5.92 Å². The molecule has 20 heavy (non-hydrogen) atoms. The Kier molecular flexibility index (Phi) is 8.79.